The van der Waals surface area contributed by atoms with Gasteiger partial charge < -0.3 is 20.1 Å². The average molecular weight is 648 g/mol. The molecule has 0 bridgehead atoms. The second kappa shape index (κ2) is 12.1. The molecular weight excluding hydrogens is 615 g/mol. The molecule has 3 aromatic rings. The average Bonchev–Trinajstić information content (AvgIpc) is 3.57. The van der Waals surface area contributed by atoms with Crippen molar-refractivity contribution < 1.29 is 32.6 Å². The maximum absolute atomic E-state index is 14.7. The fraction of sp³-hybridized carbons (Fsp3) is 0.500. The summed E-state index contributed by atoms with van der Waals surface area (Å²) < 4.78 is 51.1. The number of hydrogen-bond donors (Lipinski definition) is 3. The number of carbonyl (C=O) groups is 2. The highest BCUT2D eigenvalue weighted by Crippen LogP contribution is 2.42. The van der Waals surface area contributed by atoms with Crippen molar-refractivity contribution in [3.8, 4) is 11.6 Å². The van der Waals surface area contributed by atoms with Gasteiger partial charge in [0.05, 0.1) is 11.4 Å². The minimum Gasteiger partial charge on any atom is -0.480 e. The number of ether oxygens (including phenoxy) is 1. The van der Waals surface area contributed by atoms with Crippen LogP contribution in [0.3, 0.4) is 0 Å². The number of anilines is 2. The molecule has 0 radical (unpaired) electrons. The van der Waals surface area contributed by atoms with Crippen LogP contribution in [-0.2, 0) is 9.59 Å². The van der Waals surface area contributed by atoms with Crippen LogP contribution in [0, 0.1) is 18.3 Å². The molecule has 1 unspecified atom stereocenters. The fourth-order valence-corrected chi connectivity index (χ4v) is 6.34. The molecule has 1 aliphatic carbocycles. The van der Waals surface area contributed by atoms with Gasteiger partial charge in [-0.15, -0.1) is 0 Å². The highest BCUT2D eigenvalue weighted by atomic mass is 35.5. The van der Waals surface area contributed by atoms with E-state index in [0.29, 0.717) is 50.4 Å². The SMILES string of the molecule is Cc1ccn(-c2cc(Cl)ccc2[C@@H](Oc2cc(N3CCC4(CC3)CNC(C(=O)O)C4)nc(NC(=O)C3CCC3)n2)C(F)(F)F)n1. The van der Waals surface area contributed by atoms with Gasteiger partial charge in [0, 0.05) is 48.4 Å². The molecule has 3 N–H and O–H groups in total. The Hall–Kier alpha value is -3.91. The summed E-state index contributed by atoms with van der Waals surface area (Å²) >= 11 is 6.18. The van der Waals surface area contributed by atoms with Gasteiger partial charge in [0.15, 0.2) is 0 Å². The molecule has 45 heavy (non-hydrogen) atoms. The Morgan fingerprint density at radius 3 is 2.53 bits per heavy atom. The Balaban J connectivity index is 1.31. The summed E-state index contributed by atoms with van der Waals surface area (Å²) in [6, 6.07) is 6.39. The molecule has 2 aromatic heterocycles. The molecule has 2 aliphatic heterocycles. The summed E-state index contributed by atoms with van der Waals surface area (Å²) in [6.45, 7) is 3.27. The molecule has 3 aliphatic rings. The third-order valence-corrected chi connectivity index (χ3v) is 9.22. The number of alkyl halides is 3. The lowest BCUT2D eigenvalue weighted by atomic mass is 9.76. The van der Waals surface area contributed by atoms with Crippen LogP contribution in [0.15, 0.2) is 36.5 Å². The molecule has 2 saturated heterocycles. The zero-order chi connectivity index (χ0) is 31.9. The van der Waals surface area contributed by atoms with Crippen LogP contribution in [0.25, 0.3) is 5.69 Å². The number of nitrogens with one attached hydrogen (secondary N) is 2. The quantitative estimate of drug-likeness (QED) is 0.306. The van der Waals surface area contributed by atoms with E-state index in [4.69, 9.17) is 16.3 Å². The topological polar surface area (TPSA) is 134 Å². The number of aryl methyl sites for hydroxylation is 1. The smallest absolute Gasteiger partial charge is 0.429 e. The van der Waals surface area contributed by atoms with Crippen LogP contribution < -0.4 is 20.3 Å². The van der Waals surface area contributed by atoms with Gasteiger partial charge in [-0.2, -0.15) is 28.2 Å². The van der Waals surface area contributed by atoms with E-state index >= 15 is 0 Å². The summed E-state index contributed by atoms with van der Waals surface area (Å²) in [5, 5.41) is 19.7. The molecular formula is C30H33ClF3N7O4. The molecule has 1 amide bonds. The summed E-state index contributed by atoms with van der Waals surface area (Å²) in [7, 11) is 0. The van der Waals surface area contributed by atoms with Crippen LogP contribution in [0.5, 0.6) is 5.88 Å². The summed E-state index contributed by atoms with van der Waals surface area (Å²) in [5.74, 6) is -1.58. The maximum atomic E-state index is 14.7. The third-order valence-electron chi connectivity index (χ3n) is 8.99. The normalized spacial score (nSPS) is 20.6. The van der Waals surface area contributed by atoms with Gasteiger partial charge in [-0.3, -0.25) is 14.9 Å². The lowest BCUT2D eigenvalue weighted by Crippen LogP contribution is -2.41. The Morgan fingerprint density at radius 2 is 1.93 bits per heavy atom. The standard InChI is InChI=1S/C30H33ClF3N7O4/c1-17-7-10-41(39-17)22-13-19(31)5-6-20(22)25(30(32,33)34)45-24-14-23(36-28(37-24)38-26(42)18-3-2-4-18)40-11-8-29(9-12-40)15-21(27(43)44)35-16-29/h5-7,10,13-14,18,21,25,35H,2-4,8-9,11-12,15-16H2,1H3,(H,43,44)(H,36,37,38,42)/t21?,25-/m1/s1. The lowest BCUT2D eigenvalue weighted by molar-refractivity contribution is -0.198. The molecule has 1 spiro atoms. The van der Waals surface area contributed by atoms with Crippen molar-refractivity contribution >= 4 is 35.2 Å². The summed E-state index contributed by atoms with van der Waals surface area (Å²) in [4.78, 5) is 34.9. The van der Waals surface area contributed by atoms with Gasteiger partial charge in [-0.1, -0.05) is 24.1 Å². The van der Waals surface area contributed by atoms with Crippen LogP contribution in [0.4, 0.5) is 24.9 Å². The van der Waals surface area contributed by atoms with Crippen molar-refractivity contribution in [1.29, 1.82) is 0 Å². The first-order valence-electron chi connectivity index (χ1n) is 14.9. The zero-order valence-corrected chi connectivity index (χ0v) is 25.2. The molecule has 3 fully saturated rings. The van der Waals surface area contributed by atoms with E-state index in [1.165, 1.54) is 35.1 Å². The number of piperidine rings is 1. The van der Waals surface area contributed by atoms with Crippen molar-refractivity contribution in [3.05, 3.63) is 52.8 Å². The highest BCUT2D eigenvalue weighted by molar-refractivity contribution is 6.30. The molecule has 11 nitrogen and oxygen atoms in total. The van der Waals surface area contributed by atoms with E-state index in [9.17, 15) is 27.9 Å². The van der Waals surface area contributed by atoms with E-state index in [-0.39, 0.29) is 45.3 Å². The monoisotopic (exact) mass is 647 g/mol. The van der Waals surface area contributed by atoms with Gasteiger partial charge >= 0.3 is 12.1 Å². The molecule has 1 aromatic carbocycles. The van der Waals surface area contributed by atoms with Crippen molar-refractivity contribution in [2.45, 2.75) is 63.8 Å². The lowest BCUT2D eigenvalue weighted by Gasteiger charge is -2.39. The van der Waals surface area contributed by atoms with Gasteiger partial charge in [0.25, 0.3) is 0 Å². The first-order chi connectivity index (χ1) is 21.4. The zero-order valence-electron chi connectivity index (χ0n) is 24.5. The molecule has 240 valence electrons. The van der Waals surface area contributed by atoms with Crippen molar-refractivity contribution in [2.75, 3.05) is 29.9 Å². The largest absolute Gasteiger partial charge is 0.480 e. The molecule has 6 rings (SSSR count). The number of carboxylic acids is 1. The maximum Gasteiger partial charge on any atom is 0.429 e. The van der Waals surface area contributed by atoms with Crippen LogP contribution >= 0.6 is 11.6 Å². The Labute approximate surface area is 262 Å². The molecule has 4 heterocycles. The second-order valence-electron chi connectivity index (χ2n) is 12.1. The number of nitrogens with zero attached hydrogens (tertiary/aromatic N) is 5. The number of carbonyl (C=O) groups excluding carboxylic acids is 1. The number of rotatable bonds is 8. The van der Waals surface area contributed by atoms with Gasteiger partial charge in [-0.25, -0.2) is 4.68 Å². The minimum atomic E-state index is -4.86. The van der Waals surface area contributed by atoms with Gasteiger partial charge in [0.1, 0.15) is 11.9 Å². The summed E-state index contributed by atoms with van der Waals surface area (Å²) in [5.41, 5.74) is 0.284. The van der Waals surface area contributed by atoms with Crippen LogP contribution in [0.1, 0.15) is 55.9 Å². The highest BCUT2D eigenvalue weighted by Gasteiger charge is 2.46. The number of hydrogen-bond acceptors (Lipinski definition) is 8. The fourth-order valence-electron chi connectivity index (χ4n) is 6.17. The predicted molar refractivity (Wildman–Crippen MR) is 159 cm³/mol. The number of aliphatic carboxylic acids is 1. The van der Waals surface area contributed by atoms with Crippen LogP contribution in [-0.4, -0.2) is 68.6 Å². The number of amides is 1. The van der Waals surface area contributed by atoms with Crippen molar-refractivity contribution in [2.24, 2.45) is 11.3 Å². The van der Waals surface area contributed by atoms with E-state index in [2.05, 4.69) is 25.7 Å². The molecule has 1 saturated carbocycles. The van der Waals surface area contributed by atoms with E-state index in [1.807, 2.05) is 4.90 Å². The van der Waals surface area contributed by atoms with Crippen molar-refractivity contribution in [1.82, 2.24) is 25.1 Å². The van der Waals surface area contributed by atoms with Crippen LogP contribution in [0.2, 0.25) is 5.02 Å². The molecule has 2 atom stereocenters. The number of benzene rings is 1. The first-order valence-corrected chi connectivity index (χ1v) is 15.2. The molecule has 15 heteroatoms. The third kappa shape index (κ3) is 6.71. The van der Waals surface area contributed by atoms with Gasteiger partial charge in [0.2, 0.25) is 23.8 Å². The Bertz CT molecular complexity index is 1590. The number of carboxylic acid groups (broad SMARTS) is 1. The second-order valence-corrected chi connectivity index (χ2v) is 12.5. The number of halogens is 4. The predicted octanol–water partition coefficient (Wildman–Crippen LogP) is 5.08. The Morgan fingerprint density at radius 1 is 1.18 bits per heavy atom. The van der Waals surface area contributed by atoms with Crippen molar-refractivity contribution in [3.63, 3.8) is 0 Å². The van der Waals surface area contributed by atoms with Gasteiger partial charge in [-0.05, 0) is 62.6 Å². The first kappa shape index (κ1) is 31.1. The Kier molecular flexibility index (Phi) is 8.37. The minimum absolute atomic E-state index is 0.0943. The summed E-state index contributed by atoms with van der Waals surface area (Å²) in [6.07, 6.45) is -1.58. The van der Waals surface area contributed by atoms with E-state index in [1.54, 1.807) is 13.0 Å². The van der Waals surface area contributed by atoms with E-state index < -0.39 is 24.3 Å². The number of aromatic nitrogens is 4. The van der Waals surface area contributed by atoms with E-state index in [0.717, 1.165) is 19.3 Å².